The Kier molecular flexibility index (Phi) is 5.65. The summed E-state index contributed by atoms with van der Waals surface area (Å²) in [6, 6.07) is 20.3. The molecule has 33 heavy (non-hydrogen) atoms. The Morgan fingerprint density at radius 2 is 1.82 bits per heavy atom. The number of hydrogen-bond donors (Lipinski definition) is 0. The molecule has 0 fully saturated rings. The third kappa shape index (κ3) is 4.24. The molecule has 166 valence electrons. The Hall–Kier alpha value is -3.57. The van der Waals surface area contributed by atoms with E-state index in [2.05, 4.69) is 12.1 Å². The lowest BCUT2D eigenvalue weighted by atomic mass is 10.00. The van der Waals surface area contributed by atoms with E-state index in [1.54, 1.807) is 49.4 Å². The lowest BCUT2D eigenvalue weighted by molar-refractivity contribution is -0.134. The van der Waals surface area contributed by atoms with Crippen molar-refractivity contribution in [2.45, 2.75) is 19.9 Å². The molecule has 5 rings (SSSR count). The summed E-state index contributed by atoms with van der Waals surface area (Å²) >= 11 is 5.97. The van der Waals surface area contributed by atoms with E-state index < -0.39 is 0 Å². The normalized spacial score (nSPS) is 13.1. The summed E-state index contributed by atoms with van der Waals surface area (Å²) < 4.78 is 11.7. The average molecular weight is 460 g/mol. The molecule has 3 aromatic carbocycles. The maximum absolute atomic E-state index is 13.1. The zero-order valence-corrected chi connectivity index (χ0v) is 18.9. The maximum Gasteiger partial charge on any atom is 0.260 e. The summed E-state index contributed by atoms with van der Waals surface area (Å²) in [5.74, 6) is 0.922. The minimum atomic E-state index is -0.120. The Bertz CT molecular complexity index is 1410. The van der Waals surface area contributed by atoms with Crippen molar-refractivity contribution >= 4 is 28.5 Å². The minimum Gasteiger partial charge on any atom is -0.484 e. The highest BCUT2D eigenvalue weighted by molar-refractivity contribution is 6.30. The number of carbonyl (C=O) groups excluding carboxylic acids is 1. The van der Waals surface area contributed by atoms with Crippen molar-refractivity contribution in [1.82, 2.24) is 4.90 Å². The highest BCUT2D eigenvalue weighted by Crippen LogP contribution is 2.27. The van der Waals surface area contributed by atoms with Gasteiger partial charge in [0.1, 0.15) is 17.1 Å². The van der Waals surface area contributed by atoms with E-state index in [1.165, 1.54) is 11.1 Å². The summed E-state index contributed by atoms with van der Waals surface area (Å²) in [4.78, 5) is 27.6. The van der Waals surface area contributed by atoms with E-state index in [-0.39, 0.29) is 17.9 Å². The Morgan fingerprint density at radius 1 is 1.06 bits per heavy atom. The van der Waals surface area contributed by atoms with Gasteiger partial charge in [-0.05, 0) is 54.3 Å². The monoisotopic (exact) mass is 459 g/mol. The van der Waals surface area contributed by atoms with Gasteiger partial charge in [-0.1, -0.05) is 48.0 Å². The van der Waals surface area contributed by atoms with Crippen molar-refractivity contribution in [3.8, 4) is 16.9 Å². The lowest BCUT2D eigenvalue weighted by Crippen LogP contribution is -2.38. The molecule has 0 unspecified atom stereocenters. The second kappa shape index (κ2) is 8.75. The predicted molar refractivity (Wildman–Crippen MR) is 129 cm³/mol. The molecule has 0 radical (unpaired) electrons. The molecule has 0 N–H and O–H groups in total. The fourth-order valence-corrected chi connectivity index (χ4v) is 4.40. The van der Waals surface area contributed by atoms with Crippen LogP contribution in [0.25, 0.3) is 22.1 Å². The number of rotatable bonds is 4. The van der Waals surface area contributed by atoms with Crippen molar-refractivity contribution in [2.24, 2.45) is 0 Å². The molecule has 4 aromatic rings. The van der Waals surface area contributed by atoms with Crippen LogP contribution in [0.3, 0.4) is 0 Å². The van der Waals surface area contributed by atoms with Gasteiger partial charge in [0.05, 0.1) is 10.9 Å². The molecule has 1 aliphatic rings. The summed E-state index contributed by atoms with van der Waals surface area (Å²) in [5, 5.41) is 1.06. The fourth-order valence-electron chi connectivity index (χ4n) is 4.27. The summed E-state index contributed by atoms with van der Waals surface area (Å²) in [7, 11) is 0. The van der Waals surface area contributed by atoms with Gasteiger partial charge in [0.2, 0.25) is 5.43 Å². The van der Waals surface area contributed by atoms with Crippen molar-refractivity contribution < 1.29 is 13.9 Å². The SMILES string of the molecule is Cc1oc2cc(OCC(=O)N3CCc4ccccc4C3)ccc2c(=O)c1-c1ccc(Cl)cc1. The molecule has 1 aromatic heterocycles. The van der Waals surface area contributed by atoms with E-state index >= 15 is 0 Å². The van der Waals surface area contributed by atoms with Crippen molar-refractivity contribution in [3.05, 3.63) is 98.9 Å². The number of fused-ring (bicyclic) bond motifs is 2. The van der Waals surface area contributed by atoms with Gasteiger partial charge >= 0.3 is 0 Å². The molecule has 1 amide bonds. The highest BCUT2D eigenvalue weighted by Gasteiger charge is 2.21. The molecule has 0 spiro atoms. The molecule has 6 heteroatoms. The van der Waals surface area contributed by atoms with Crippen molar-refractivity contribution in [2.75, 3.05) is 13.2 Å². The second-order valence-corrected chi connectivity index (χ2v) is 8.59. The Labute approximate surface area is 196 Å². The van der Waals surface area contributed by atoms with Crippen molar-refractivity contribution in [3.63, 3.8) is 0 Å². The van der Waals surface area contributed by atoms with Crippen LogP contribution >= 0.6 is 11.6 Å². The molecule has 0 aliphatic carbocycles. The van der Waals surface area contributed by atoms with Gasteiger partial charge in [0.15, 0.2) is 6.61 Å². The van der Waals surface area contributed by atoms with Crippen LogP contribution in [-0.4, -0.2) is 24.0 Å². The first-order valence-corrected chi connectivity index (χ1v) is 11.2. The van der Waals surface area contributed by atoms with E-state index in [9.17, 15) is 9.59 Å². The third-order valence-electron chi connectivity index (χ3n) is 6.02. The van der Waals surface area contributed by atoms with Gasteiger partial charge in [-0.2, -0.15) is 0 Å². The number of halogens is 1. The number of benzene rings is 3. The van der Waals surface area contributed by atoms with Crippen LogP contribution in [0.15, 0.2) is 75.9 Å². The Morgan fingerprint density at radius 3 is 2.61 bits per heavy atom. The van der Waals surface area contributed by atoms with Gasteiger partial charge in [-0.3, -0.25) is 9.59 Å². The summed E-state index contributed by atoms with van der Waals surface area (Å²) in [6.07, 6.45) is 0.846. The van der Waals surface area contributed by atoms with E-state index in [0.29, 0.717) is 46.2 Å². The van der Waals surface area contributed by atoms with Gasteiger partial charge < -0.3 is 14.1 Å². The lowest BCUT2D eigenvalue weighted by Gasteiger charge is -2.28. The van der Waals surface area contributed by atoms with E-state index in [0.717, 1.165) is 12.0 Å². The van der Waals surface area contributed by atoms with Crippen molar-refractivity contribution in [1.29, 1.82) is 0 Å². The molecular formula is C27H22ClNO4. The van der Waals surface area contributed by atoms with Crippen LogP contribution in [-0.2, 0) is 17.8 Å². The molecule has 0 saturated heterocycles. The van der Waals surface area contributed by atoms with Gasteiger partial charge in [-0.25, -0.2) is 0 Å². The summed E-state index contributed by atoms with van der Waals surface area (Å²) in [6.45, 7) is 2.96. The Balaban J connectivity index is 1.34. The largest absolute Gasteiger partial charge is 0.484 e. The second-order valence-electron chi connectivity index (χ2n) is 8.15. The van der Waals surface area contributed by atoms with Crippen LogP contribution in [0.4, 0.5) is 0 Å². The highest BCUT2D eigenvalue weighted by atomic mass is 35.5. The van der Waals surface area contributed by atoms with Gasteiger partial charge in [-0.15, -0.1) is 0 Å². The minimum absolute atomic E-state index is 0.0691. The van der Waals surface area contributed by atoms with Crippen LogP contribution < -0.4 is 10.2 Å². The quantitative estimate of drug-likeness (QED) is 0.411. The zero-order valence-electron chi connectivity index (χ0n) is 18.1. The van der Waals surface area contributed by atoms with Crippen LogP contribution in [0.1, 0.15) is 16.9 Å². The number of ether oxygens (including phenoxy) is 1. The molecule has 0 atom stereocenters. The predicted octanol–water partition coefficient (Wildman–Crippen LogP) is 5.39. The first-order chi connectivity index (χ1) is 16.0. The number of amides is 1. The number of nitrogens with zero attached hydrogens (tertiary/aromatic N) is 1. The molecular weight excluding hydrogens is 438 g/mol. The fraction of sp³-hybridized carbons (Fsp3) is 0.185. The number of aryl methyl sites for hydroxylation is 1. The molecule has 0 saturated carbocycles. The van der Waals surface area contributed by atoms with E-state index in [4.69, 9.17) is 20.8 Å². The first kappa shape index (κ1) is 21.3. The molecule has 2 heterocycles. The first-order valence-electron chi connectivity index (χ1n) is 10.8. The number of hydrogen-bond acceptors (Lipinski definition) is 4. The topological polar surface area (TPSA) is 59.8 Å². The maximum atomic E-state index is 13.1. The van der Waals surface area contributed by atoms with Gasteiger partial charge in [0.25, 0.3) is 5.91 Å². The number of carbonyl (C=O) groups is 1. The molecule has 0 bridgehead atoms. The zero-order chi connectivity index (χ0) is 22.9. The van der Waals surface area contributed by atoms with Crippen LogP contribution in [0.2, 0.25) is 5.02 Å². The average Bonchev–Trinajstić information content (AvgIpc) is 2.83. The molecule has 5 nitrogen and oxygen atoms in total. The summed E-state index contributed by atoms with van der Waals surface area (Å²) in [5.41, 5.74) is 4.03. The molecule has 1 aliphatic heterocycles. The standard InChI is InChI=1S/C27H22ClNO4/c1-17-26(19-6-8-21(28)9-7-19)27(31)23-11-10-22(14-24(23)33-17)32-16-25(30)29-13-12-18-4-2-3-5-20(18)15-29/h2-11,14H,12-13,15-16H2,1H3. The van der Waals surface area contributed by atoms with Crippen LogP contribution in [0, 0.1) is 6.92 Å². The van der Waals surface area contributed by atoms with E-state index in [1.807, 2.05) is 17.0 Å². The van der Waals surface area contributed by atoms with Crippen LogP contribution in [0.5, 0.6) is 5.75 Å². The van der Waals surface area contributed by atoms with Gasteiger partial charge in [0, 0.05) is 24.2 Å². The smallest absolute Gasteiger partial charge is 0.260 e. The third-order valence-corrected chi connectivity index (χ3v) is 6.27.